The van der Waals surface area contributed by atoms with Gasteiger partial charge in [-0.15, -0.1) is 0 Å². The van der Waals surface area contributed by atoms with Crippen molar-refractivity contribution < 1.29 is 71.1 Å². The Kier molecular flexibility index (Phi) is 12.3. The van der Waals surface area contributed by atoms with Crippen molar-refractivity contribution in [3.63, 3.8) is 0 Å². The van der Waals surface area contributed by atoms with E-state index in [2.05, 4.69) is 4.74 Å². The Balaban J connectivity index is 6.09. The lowest BCUT2D eigenvalue weighted by molar-refractivity contribution is -0.933. The quantitative estimate of drug-likeness (QED) is 0.111. The second-order valence-corrected chi connectivity index (χ2v) is 7.76. The number of nitrogens with zero attached hydrogens (tertiary/aromatic N) is 1. The number of carboxylic acids is 3. The number of quaternary nitrogens is 1. The number of hydrogen-bond acceptors (Lipinski definition) is 8. The molecule has 0 aliphatic carbocycles. The number of carbonyl (C=O) groups is 4. The summed E-state index contributed by atoms with van der Waals surface area (Å²) in [7, 11) is 4.41. The molecule has 0 aliphatic rings. The number of esters is 1. The maximum absolute atomic E-state index is 12.9. The predicted molar refractivity (Wildman–Crippen MR) is 101 cm³/mol. The molecule has 0 aliphatic heterocycles. The number of alkyl halides is 3. The average molecular weight is 492 g/mol. The minimum atomic E-state index is -5.40. The van der Waals surface area contributed by atoms with Crippen LogP contribution < -0.4 is 0 Å². The first-order valence-corrected chi connectivity index (χ1v) is 9.54. The molecule has 0 spiro atoms. The van der Waals surface area contributed by atoms with Crippen molar-refractivity contribution >= 4 is 23.9 Å². The van der Waals surface area contributed by atoms with Crippen molar-refractivity contribution in [1.82, 2.24) is 0 Å². The van der Waals surface area contributed by atoms with E-state index < -0.39 is 81.0 Å². The van der Waals surface area contributed by atoms with Crippen LogP contribution in [0.15, 0.2) is 0 Å². The van der Waals surface area contributed by atoms with E-state index in [1.807, 2.05) is 0 Å². The predicted octanol–water partition coefficient (Wildman–Crippen LogP) is 0.337. The smallest absolute Gasteiger partial charge is 0.481 e. The van der Waals surface area contributed by atoms with Gasteiger partial charge in [0.2, 0.25) is 5.54 Å². The molecular weight excluding hydrogens is 463 g/mol. The number of halogens is 3. The van der Waals surface area contributed by atoms with Crippen LogP contribution in [-0.2, 0) is 38.1 Å². The number of hydrogen-bond donors (Lipinski definition) is 3. The summed E-state index contributed by atoms with van der Waals surface area (Å²) >= 11 is 0. The van der Waals surface area contributed by atoms with Crippen molar-refractivity contribution in [3.8, 4) is 0 Å². The molecule has 12 nitrogen and oxygen atoms in total. The van der Waals surface area contributed by atoms with Crippen molar-refractivity contribution in [3.05, 3.63) is 0 Å². The maximum atomic E-state index is 12.9. The number of carbonyl (C=O) groups excluding carboxylic acids is 1. The third-order valence-corrected chi connectivity index (χ3v) is 4.43. The van der Waals surface area contributed by atoms with Crippen LogP contribution in [0, 0.1) is 0 Å². The maximum Gasteiger partial charge on any atom is 0.491 e. The molecule has 33 heavy (non-hydrogen) atoms. The van der Waals surface area contributed by atoms with Crippen LogP contribution in [0.4, 0.5) is 13.2 Å². The van der Waals surface area contributed by atoms with Gasteiger partial charge in [-0.3, -0.25) is 14.4 Å². The zero-order valence-electron chi connectivity index (χ0n) is 18.4. The van der Waals surface area contributed by atoms with Gasteiger partial charge >= 0.3 is 30.1 Å². The summed E-state index contributed by atoms with van der Waals surface area (Å²) in [5.74, 6) is -6.36. The normalized spacial score (nSPS) is 13.4. The van der Waals surface area contributed by atoms with Gasteiger partial charge in [-0.1, -0.05) is 0 Å². The Morgan fingerprint density at radius 3 is 1.52 bits per heavy atom. The summed E-state index contributed by atoms with van der Waals surface area (Å²) < 4.78 is 58.9. The van der Waals surface area contributed by atoms with Gasteiger partial charge in [-0.25, -0.2) is 4.79 Å². The molecule has 0 radical (unpaired) electrons. The number of likely N-dealkylation sites (N-methyl/N-ethyl adjacent to an activating group) is 1. The zero-order valence-corrected chi connectivity index (χ0v) is 18.4. The molecule has 0 rings (SSSR count). The Morgan fingerprint density at radius 2 is 1.18 bits per heavy atom. The molecule has 1 atom stereocenters. The summed E-state index contributed by atoms with van der Waals surface area (Å²) in [6.45, 7) is -2.45. The summed E-state index contributed by atoms with van der Waals surface area (Å²) in [5, 5.41) is 26.4. The van der Waals surface area contributed by atoms with E-state index in [9.17, 15) is 32.3 Å². The molecule has 1 unspecified atom stereocenters. The number of ether oxygens (including phenoxy) is 4. The van der Waals surface area contributed by atoms with Gasteiger partial charge in [0, 0.05) is 0 Å². The van der Waals surface area contributed by atoms with Crippen LogP contribution in [0.5, 0.6) is 0 Å². The number of rotatable bonds is 17. The lowest BCUT2D eigenvalue weighted by atomic mass is 9.96. The molecule has 192 valence electrons. The molecule has 15 heteroatoms. The van der Waals surface area contributed by atoms with Crippen molar-refractivity contribution in [2.24, 2.45) is 0 Å². The second kappa shape index (κ2) is 13.3. The molecule has 0 aromatic rings. The third kappa shape index (κ3) is 11.3. The minimum Gasteiger partial charge on any atom is -0.481 e. The topological polar surface area (TPSA) is 166 Å². The summed E-state index contributed by atoms with van der Waals surface area (Å²) in [6.07, 6.45) is -8.98. The summed E-state index contributed by atoms with van der Waals surface area (Å²) in [6, 6.07) is 0. The fourth-order valence-electron chi connectivity index (χ4n) is 2.41. The number of aliphatic carboxylic acids is 3. The van der Waals surface area contributed by atoms with E-state index in [4.69, 9.17) is 29.5 Å². The standard InChI is InChI=1S/C18H28F3NO11/c1-22(2,3)17(10-30-7-4-12(23)24,11-31-8-5-13(25)26)16(32-9-6-14(27)28)33-15(29)18(19,20)21/h16H,4-11H2,1-3H3,(H2-,23,24,25,26,27,28)/p+1. The Hall–Kier alpha value is -2.49. The van der Waals surface area contributed by atoms with Crippen molar-refractivity contribution in [2.75, 3.05) is 54.2 Å². The Labute approximate surface area is 187 Å². The first-order chi connectivity index (χ1) is 15.0. The molecule has 0 fully saturated rings. The Morgan fingerprint density at radius 1 is 0.788 bits per heavy atom. The molecule has 0 aromatic carbocycles. The van der Waals surface area contributed by atoms with Gasteiger partial charge in [0.1, 0.15) is 13.2 Å². The first-order valence-electron chi connectivity index (χ1n) is 9.54. The van der Waals surface area contributed by atoms with E-state index in [0.717, 1.165) is 0 Å². The lowest BCUT2D eigenvalue weighted by Gasteiger charge is -2.48. The highest BCUT2D eigenvalue weighted by Gasteiger charge is 2.56. The summed E-state index contributed by atoms with van der Waals surface area (Å²) in [5.41, 5.74) is -1.78. The van der Waals surface area contributed by atoms with E-state index in [-0.39, 0.29) is 17.7 Å². The van der Waals surface area contributed by atoms with Gasteiger partial charge < -0.3 is 38.8 Å². The Bertz CT molecular complexity index is 655. The minimum absolute atomic E-state index is 0.323. The van der Waals surface area contributed by atoms with Gasteiger partial charge in [-0.05, 0) is 0 Å². The molecule has 0 saturated carbocycles. The second-order valence-electron chi connectivity index (χ2n) is 7.76. The molecule has 0 aromatic heterocycles. The van der Waals surface area contributed by atoms with E-state index in [1.54, 1.807) is 0 Å². The SMILES string of the molecule is C[N+](C)(C)C(COCCC(=O)O)(COCCC(=O)O)C(OCCC(=O)O)OC(=O)C(F)(F)F. The fourth-order valence-corrected chi connectivity index (χ4v) is 2.41. The highest BCUT2D eigenvalue weighted by Crippen LogP contribution is 2.31. The highest BCUT2D eigenvalue weighted by atomic mass is 19.4. The van der Waals surface area contributed by atoms with E-state index >= 15 is 0 Å². The molecule has 0 amide bonds. The van der Waals surface area contributed by atoms with Crippen molar-refractivity contribution in [1.29, 1.82) is 0 Å². The molecule has 0 saturated heterocycles. The van der Waals surface area contributed by atoms with Crippen LogP contribution >= 0.6 is 0 Å². The van der Waals surface area contributed by atoms with Gasteiger partial charge in [0.25, 0.3) is 6.29 Å². The largest absolute Gasteiger partial charge is 0.491 e. The first kappa shape index (κ1) is 30.5. The molecule has 0 heterocycles. The number of carboxylic acid groups (broad SMARTS) is 3. The summed E-state index contributed by atoms with van der Waals surface area (Å²) in [4.78, 5) is 43.9. The molecule has 3 N–H and O–H groups in total. The van der Waals surface area contributed by atoms with Gasteiger partial charge in [-0.2, -0.15) is 13.2 Å². The van der Waals surface area contributed by atoms with Gasteiger partial charge in [0.05, 0.1) is 60.2 Å². The van der Waals surface area contributed by atoms with Crippen LogP contribution in [0.2, 0.25) is 0 Å². The van der Waals surface area contributed by atoms with Crippen LogP contribution in [-0.4, -0.2) is 116 Å². The van der Waals surface area contributed by atoms with Crippen LogP contribution in [0.25, 0.3) is 0 Å². The van der Waals surface area contributed by atoms with Gasteiger partial charge in [0.15, 0.2) is 0 Å². The third-order valence-electron chi connectivity index (χ3n) is 4.43. The van der Waals surface area contributed by atoms with E-state index in [1.165, 1.54) is 21.1 Å². The fraction of sp³-hybridized carbons (Fsp3) is 0.778. The van der Waals surface area contributed by atoms with Crippen molar-refractivity contribution in [2.45, 2.75) is 37.3 Å². The average Bonchev–Trinajstić information content (AvgIpc) is 2.63. The molecule has 0 bridgehead atoms. The highest BCUT2D eigenvalue weighted by molar-refractivity contribution is 5.75. The monoisotopic (exact) mass is 492 g/mol. The lowest BCUT2D eigenvalue weighted by Crippen LogP contribution is -2.70. The van der Waals surface area contributed by atoms with Crippen LogP contribution in [0.3, 0.4) is 0 Å². The molecular formula is C18H29F3NO11+. The zero-order chi connectivity index (χ0) is 25.9. The van der Waals surface area contributed by atoms with Crippen LogP contribution in [0.1, 0.15) is 19.3 Å². The van der Waals surface area contributed by atoms with E-state index in [0.29, 0.717) is 0 Å².